The largest absolute Gasteiger partial charge is 0.496 e. The van der Waals surface area contributed by atoms with Gasteiger partial charge in [-0.1, -0.05) is 11.6 Å². The number of methoxy groups -OCH3 is 1. The standard InChI is InChI=1S/C13H18ClNO2/c1-8-4-12(16-3)10(5-11(8)14)13-7-15-6-9(2)17-13/h4-5,9,13,15H,6-7H2,1-3H3. The minimum Gasteiger partial charge on any atom is -0.496 e. The number of benzene rings is 1. The van der Waals surface area contributed by atoms with Gasteiger partial charge in [0.2, 0.25) is 0 Å². The Morgan fingerprint density at radius 3 is 2.82 bits per heavy atom. The van der Waals surface area contributed by atoms with E-state index in [9.17, 15) is 0 Å². The molecule has 1 aromatic carbocycles. The van der Waals surface area contributed by atoms with E-state index in [4.69, 9.17) is 21.1 Å². The first-order valence-corrected chi connectivity index (χ1v) is 6.20. The third kappa shape index (κ3) is 2.73. The molecular formula is C13H18ClNO2. The Bertz CT molecular complexity index is 409. The molecule has 1 saturated heterocycles. The second-order valence-corrected chi connectivity index (χ2v) is 4.84. The van der Waals surface area contributed by atoms with E-state index in [0.717, 1.165) is 35.0 Å². The van der Waals surface area contributed by atoms with Gasteiger partial charge >= 0.3 is 0 Å². The molecule has 0 bridgehead atoms. The summed E-state index contributed by atoms with van der Waals surface area (Å²) in [4.78, 5) is 0. The second kappa shape index (κ2) is 5.25. The Labute approximate surface area is 107 Å². The van der Waals surface area contributed by atoms with Gasteiger partial charge in [-0.15, -0.1) is 0 Å². The number of nitrogens with one attached hydrogen (secondary N) is 1. The summed E-state index contributed by atoms with van der Waals surface area (Å²) in [6.45, 7) is 5.71. The molecule has 4 heteroatoms. The Kier molecular flexibility index (Phi) is 3.92. The summed E-state index contributed by atoms with van der Waals surface area (Å²) in [6.07, 6.45) is 0.213. The first kappa shape index (κ1) is 12.7. The molecule has 0 spiro atoms. The maximum atomic E-state index is 6.17. The molecule has 0 amide bonds. The summed E-state index contributed by atoms with van der Waals surface area (Å²) in [5.41, 5.74) is 2.03. The molecule has 1 fully saturated rings. The summed E-state index contributed by atoms with van der Waals surface area (Å²) in [7, 11) is 1.67. The van der Waals surface area contributed by atoms with Gasteiger partial charge in [0, 0.05) is 23.7 Å². The molecule has 0 radical (unpaired) electrons. The van der Waals surface area contributed by atoms with Crippen molar-refractivity contribution in [1.29, 1.82) is 0 Å². The van der Waals surface area contributed by atoms with E-state index in [0.29, 0.717) is 0 Å². The molecule has 17 heavy (non-hydrogen) atoms. The maximum Gasteiger partial charge on any atom is 0.125 e. The van der Waals surface area contributed by atoms with E-state index >= 15 is 0 Å². The van der Waals surface area contributed by atoms with Crippen LogP contribution in [0, 0.1) is 6.92 Å². The number of hydrogen-bond donors (Lipinski definition) is 1. The van der Waals surface area contributed by atoms with Crippen molar-refractivity contribution in [2.45, 2.75) is 26.1 Å². The number of hydrogen-bond acceptors (Lipinski definition) is 3. The smallest absolute Gasteiger partial charge is 0.125 e. The fourth-order valence-corrected chi connectivity index (χ4v) is 2.25. The Hall–Kier alpha value is -0.770. The highest BCUT2D eigenvalue weighted by molar-refractivity contribution is 6.31. The molecule has 1 N–H and O–H groups in total. The average Bonchev–Trinajstić information content (AvgIpc) is 2.32. The van der Waals surface area contributed by atoms with Crippen molar-refractivity contribution in [3.05, 3.63) is 28.3 Å². The number of ether oxygens (including phenoxy) is 2. The third-order valence-electron chi connectivity index (χ3n) is 3.02. The lowest BCUT2D eigenvalue weighted by molar-refractivity contribution is -0.0296. The summed E-state index contributed by atoms with van der Waals surface area (Å²) in [5.74, 6) is 0.841. The van der Waals surface area contributed by atoms with Crippen molar-refractivity contribution in [3.8, 4) is 5.75 Å². The van der Waals surface area contributed by atoms with Crippen LogP contribution in [0.5, 0.6) is 5.75 Å². The highest BCUT2D eigenvalue weighted by Gasteiger charge is 2.24. The Balaban J connectivity index is 2.33. The lowest BCUT2D eigenvalue weighted by atomic mass is 10.0. The van der Waals surface area contributed by atoms with Crippen LogP contribution in [0.15, 0.2) is 12.1 Å². The van der Waals surface area contributed by atoms with E-state index in [2.05, 4.69) is 12.2 Å². The molecule has 1 aliphatic rings. The van der Waals surface area contributed by atoms with Gasteiger partial charge in [0.05, 0.1) is 19.3 Å². The van der Waals surface area contributed by atoms with Gasteiger partial charge in [-0.3, -0.25) is 0 Å². The predicted molar refractivity (Wildman–Crippen MR) is 68.9 cm³/mol. The van der Waals surface area contributed by atoms with Crippen LogP contribution in [0.4, 0.5) is 0 Å². The first-order chi connectivity index (χ1) is 8.11. The molecule has 3 nitrogen and oxygen atoms in total. The molecule has 94 valence electrons. The van der Waals surface area contributed by atoms with E-state index < -0.39 is 0 Å². The Morgan fingerprint density at radius 2 is 2.18 bits per heavy atom. The van der Waals surface area contributed by atoms with Crippen LogP contribution in [0.2, 0.25) is 5.02 Å². The highest BCUT2D eigenvalue weighted by atomic mass is 35.5. The van der Waals surface area contributed by atoms with Crippen molar-refractivity contribution in [2.75, 3.05) is 20.2 Å². The molecule has 0 aliphatic carbocycles. The summed E-state index contributed by atoms with van der Waals surface area (Å²) in [5, 5.41) is 4.10. The third-order valence-corrected chi connectivity index (χ3v) is 3.42. The fourth-order valence-electron chi connectivity index (χ4n) is 2.08. The maximum absolute atomic E-state index is 6.17. The van der Waals surface area contributed by atoms with Crippen molar-refractivity contribution >= 4 is 11.6 Å². The van der Waals surface area contributed by atoms with Gasteiger partial charge in [0.1, 0.15) is 5.75 Å². The number of halogens is 1. The van der Waals surface area contributed by atoms with Crippen LogP contribution in [-0.2, 0) is 4.74 Å². The summed E-state index contributed by atoms with van der Waals surface area (Å²) >= 11 is 6.17. The molecule has 1 aromatic rings. The van der Waals surface area contributed by atoms with Crippen molar-refractivity contribution in [2.24, 2.45) is 0 Å². The van der Waals surface area contributed by atoms with Crippen molar-refractivity contribution < 1.29 is 9.47 Å². The first-order valence-electron chi connectivity index (χ1n) is 5.82. The molecular weight excluding hydrogens is 238 g/mol. The average molecular weight is 256 g/mol. The lowest BCUT2D eigenvalue weighted by Gasteiger charge is -2.30. The fraction of sp³-hybridized carbons (Fsp3) is 0.538. The normalized spacial score (nSPS) is 24.7. The van der Waals surface area contributed by atoms with Crippen molar-refractivity contribution in [3.63, 3.8) is 0 Å². The van der Waals surface area contributed by atoms with Gasteiger partial charge in [0.25, 0.3) is 0 Å². The minimum absolute atomic E-state index is 0.00630. The van der Waals surface area contributed by atoms with Crippen LogP contribution in [0.3, 0.4) is 0 Å². The Morgan fingerprint density at radius 1 is 1.41 bits per heavy atom. The van der Waals surface area contributed by atoms with Gasteiger partial charge in [-0.05, 0) is 31.5 Å². The number of morpholine rings is 1. The van der Waals surface area contributed by atoms with E-state index in [1.165, 1.54) is 0 Å². The zero-order chi connectivity index (χ0) is 12.4. The summed E-state index contributed by atoms with van der Waals surface area (Å²) in [6, 6.07) is 3.90. The highest BCUT2D eigenvalue weighted by Crippen LogP contribution is 2.33. The van der Waals surface area contributed by atoms with Crippen molar-refractivity contribution in [1.82, 2.24) is 5.32 Å². The zero-order valence-electron chi connectivity index (χ0n) is 10.4. The quantitative estimate of drug-likeness (QED) is 0.882. The number of aryl methyl sites for hydroxylation is 1. The van der Waals surface area contributed by atoms with Crippen LogP contribution >= 0.6 is 11.6 Å². The van der Waals surface area contributed by atoms with Crippen LogP contribution in [0.1, 0.15) is 24.2 Å². The van der Waals surface area contributed by atoms with Crippen LogP contribution < -0.4 is 10.1 Å². The lowest BCUT2D eigenvalue weighted by Crippen LogP contribution is -2.39. The van der Waals surface area contributed by atoms with Gasteiger partial charge < -0.3 is 14.8 Å². The van der Waals surface area contributed by atoms with Gasteiger partial charge in [-0.2, -0.15) is 0 Å². The van der Waals surface area contributed by atoms with Gasteiger partial charge in [0.15, 0.2) is 0 Å². The SMILES string of the molecule is COc1cc(C)c(Cl)cc1C1CNCC(C)O1. The van der Waals surface area contributed by atoms with E-state index in [-0.39, 0.29) is 12.2 Å². The van der Waals surface area contributed by atoms with E-state index in [1.807, 2.05) is 19.1 Å². The van der Waals surface area contributed by atoms with Gasteiger partial charge in [-0.25, -0.2) is 0 Å². The molecule has 2 rings (SSSR count). The predicted octanol–water partition coefficient (Wildman–Crippen LogP) is 2.71. The van der Waals surface area contributed by atoms with Crippen LogP contribution in [-0.4, -0.2) is 26.3 Å². The number of rotatable bonds is 2. The molecule has 1 aliphatic heterocycles. The second-order valence-electron chi connectivity index (χ2n) is 4.44. The topological polar surface area (TPSA) is 30.5 Å². The summed E-state index contributed by atoms with van der Waals surface area (Å²) < 4.78 is 11.3. The monoisotopic (exact) mass is 255 g/mol. The molecule has 2 unspecified atom stereocenters. The molecule has 0 aromatic heterocycles. The molecule has 0 saturated carbocycles. The van der Waals surface area contributed by atoms with Crippen LogP contribution in [0.25, 0.3) is 0 Å². The molecule has 1 heterocycles. The van der Waals surface area contributed by atoms with E-state index in [1.54, 1.807) is 7.11 Å². The zero-order valence-corrected chi connectivity index (χ0v) is 11.2. The minimum atomic E-state index is 0.00630. The molecule has 2 atom stereocenters.